The maximum absolute atomic E-state index is 10.5. The van der Waals surface area contributed by atoms with E-state index in [1.165, 1.54) is 5.06 Å². The number of benzene rings is 2. The molecule has 3 heteroatoms. The largest absolute Gasteiger partial charge is 0.381 e. The summed E-state index contributed by atoms with van der Waals surface area (Å²) in [6, 6.07) is 19.7. The van der Waals surface area contributed by atoms with Crippen LogP contribution < -0.4 is 0 Å². The second-order valence-electron chi connectivity index (χ2n) is 4.82. The van der Waals surface area contributed by atoms with Gasteiger partial charge in [0, 0.05) is 13.7 Å². The molecule has 0 aliphatic heterocycles. The lowest BCUT2D eigenvalue weighted by atomic mass is 10.1. The molecule has 2 rings (SSSR count). The van der Waals surface area contributed by atoms with Gasteiger partial charge in [0.1, 0.15) is 0 Å². The van der Waals surface area contributed by atoms with E-state index in [0.717, 1.165) is 11.1 Å². The van der Waals surface area contributed by atoms with Gasteiger partial charge < -0.3 is 9.94 Å². The molecule has 0 fully saturated rings. The zero-order chi connectivity index (χ0) is 14.9. The van der Waals surface area contributed by atoms with Crippen LogP contribution in [0.25, 0.3) is 0 Å². The van der Waals surface area contributed by atoms with Crippen molar-refractivity contribution in [2.24, 2.45) is 0 Å². The Hall–Kier alpha value is -1.94. The lowest BCUT2D eigenvalue weighted by Gasteiger charge is -2.24. The monoisotopic (exact) mass is 283 g/mol. The number of hydrogen-bond acceptors (Lipinski definition) is 3. The molecular weight excluding hydrogens is 262 g/mol. The second-order valence-corrected chi connectivity index (χ2v) is 4.82. The fourth-order valence-electron chi connectivity index (χ4n) is 2.18. The fraction of sp³-hybridized carbons (Fsp3) is 0.222. The van der Waals surface area contributed by atoms with Crippen LogP contribution in [-0.4, -0.2) is 24.0 Å². The minimum atomic E-state index is -0.193. The third-order valence-corrected chi connectivity index (χ3v) is 3.23. The first kappa shape index (κ1) is 15.4. The van der Waals surface area contributed by atoms with E-state index in [0.29, 0.717) is 13.2 Å². The molecule has 3 nitrogen and oxygen atoms in total. The van der Waals surface area contributed by atoms with Crippen LogP contribution in [0.3, 0.4) is 0 Å². The first-order chi connectivity index (χ1) is 10.3. The zero-order valence-electron chi connectivity index (χ0n) is 12.2. The standard InChI is InChI=1S/C18H21NO2/c1-21-14-8-13-18(17-11-6-3-7-12-17)19(20)15-16-9-4-2-5-10-16/h2-13,18,20H,14-15H2,1H3/b13-8+. The molecule has 110 valence electrons. The summed E-state index contributed by atoms with van der Waals surface area (Å²) in [6.07, 6.45) is 3.88. The molecule has 0 heterocycles. The molecule has 1 unspecified atom stereocenters. The van der Waals surface area contributed by atoms with Crippen molar-refractivity contribution in [1.82, 2.24) is 5.06 Å². The maximum atomic E-state index is 10.5. The van der Waals surface area contributed by atoms with Gasteiger partial charge in [-0.15, -0.1) is 0 Å². The van der Waals surface area contributed by atoms with Gasteiger partial charge in [-0.3, -0.25) is 0 Å². The van der Waals surface area contributed by atoms with Crippen LogP contribution in [0.2, 0.25) is 0 Å². The van der Waals surface area contributed by atoms with Crippen molar-refractivity contribution in [2.45, 2.75) is 12.6 Å². The number of ether oxygens (including phenoxy) is 1. The molecule has 0 amide bonds. The Balaban J connectivity index is 2.14. The summed E-state index contributed by atoms with van der Waals surface area (Å²) >= 11 is 0. The summed E-state index contributed by atoms with van der Waals surface area (Å²) in [5.74, 6) is 0. The summed E-state index contributed by atoms with van der Waals surface area (Å²) in [5.41, 5.74) is 2.12. The molecule has 21 heavy (non-hydrogen) atoms. The van der Waals surface area contributed by atoms with Crippen LogP contribution >= 0.6 is 0 Å². The molecular formula is C18H21NO2. The van der Waals surface area contributed by atoms with Crippen LogP contribution in [-0.2, 0) is 11.3 Å². The molecule has 2 aromatic carbocycles. The van der Waals surface area contributed by atoms with Gasteiger partial charge in [0.05, 0.1) is 12.6 Å². The lowest BCUT2D eigenvalue weighted by molar-refractivity contribution is -0.123. The Morgan fingerprint density at radius 2 is 1.67 bits per heavy atom. The Morgan fingerprint density at radius 1 is 1.05 bits per heavy atom. The van der Waals surface area contributed by atoms with E-state index in [2.05, 4.69) is 0 Å². The van der Waals surface area contributed by atoms with Crippen LogP contribution in [0.4, 0.5) is 0 Å². The second kappa shape index (κ2) is 8.37. The lowest BCUT2D eigenvalue weighted by Crippen LogP contribution is -2.23. The number of hydrogen-bond donors (Lipinski definition) is 1. The van der Waals surface area contributed by atoms with Gasteiger partial charge in [-0.2, -0.15) is 5.06 Å². The van der Waals surface area contributed by atoms with E-state index in [1.807, 2.05) is 72.8 Å². The zero-order valence-corrected chi connectivity index (χ0v) is 12.2. The minimum absolute atomic E-state index is 0.193. The summed E-state index contributed by atoms with van der Waals surface area (Å²) in [6.45, 7) is 1.00. The highest BCUT2D eigenvalue weighted by Gasteiger charge is 2.15. The van der Waals surface area contributed by atoms with Gasteiger partial charge in [0.25, 0.3) is 0 Å². The third kappa shape index (κ3) is 4.83. The SMILES string of the molecule is COC/C=C/C(c1ccccc1)N(O)Cc1ccccc1. The molecule has 0 aromatic heterocycles. The highest BCUT2D eigenvalue weighted by atomic mass is 16.5. The summed E-state index contributed by atoms with van der Waals surface area (Å²) < 4.78 is 5.04. The van der Waals surface area contributed by atoms with Crippen molar-refractivity contribution >= 4 is 0 Å². The van der Waals surface area contributed by atoms with E-state index in [1.54, 1.807) is 7.11 Å². The minimum Gasteiger partial charge on any atom is -0.381 e. The number of rotatable bonds is 7. The van der Waals surface area contributed by atoms with Crippen LogP contribution in [0.15, 0.2) is 72.8 Å². The smallest absolute Gasteiger partial charge is 0.0785 e. The Kier molecular flexibility index (Phi) is 6.16. The molecule has 0 spiro atoms. The van der Waals surface area contributed by atoms with Gasteiger partial charge >= 0.3 is 0 Å². The molecule has 1 N–H and O–H groups in total. The van der Waals surface area contributed by atoms with E-state index < -0.39 is 0 Å². The van der Waals surface area contributed by atoms with E-state index in [4.69, 9.17) is 4.74 Å². The summed E-state index contributed by atoms with van der Waals surface area (Å²) in [7, 11) is 1.66. The van der Waals surface area contributed by atoms with E-state index in [9.17, 15) is 5.21 Å². The normalized spacial score (nSPS) is 12.9. The van der Waals surface area contributed by atoms with Gasteiger partial charge in [0.2, 0.25) is 0 Å². The first-order valence-corrected chi connectivity index (χ1v) is 7.01. The average Bonchev–Trinajstić information content (AvgIpc) is 2.53. The van der Waals surface area contributed by atoms with Crippen LogP contribution in [0, 0.1) is 0 Å². The van der Waals surface area contributed by atoms with Crippen LogP contribution in [0.5, 0.6) is 0 Å². The highest BCUT2D eigenvalue weighted by molar-refractivity contribution is 5.23. The van der Waals surface area contributed by atoms with Crippen LogP contribution in [0.1, 0.15) is 17.2 Å². The third-order valence-electron chi connectivity index (χ3n) is 3.23. The van der Waals surface area contributed by atoms with E-state index >= 15 is 0 Å². The number of methoxy groups -OCH3 is 1. The number of hydroxylamine groups is 2. The molecule has 1 atom stereocenters. The first-order valence-electron chi connectivity index (χ1n) is 7.01. The Morgan fingerprint density at radius 3 is 2.29 bits per heavy atom. The van der Waals surface area contributed by atoms with Gasteiger partial charge in [-0.25, -0.2) is 0 Å². The Bertz CT molecular complexity index is 540. The predicted molar refractivity (Wildman–Crippen MR) is 84.0 cm³/mol. The van der Waals surface area contributed by atoms with Crippen molar-refractivity contribution in [3.8, 4) is 0 Å². The van der Waals surface area contributed by atoms with Crippen molar-refractivity contribution in [1.29, 1.82) is 0 Å². The molecule has 0 bridgehead atoms. The van der Waals surface area contributed by atoms with Gasteiger partial charge in [-0.1, -0.05) is 72.8 Å². The summed E-state index contributed by atoms with van der Waals surface area (Å²) in [5, 5.41) is 11.8. The molecule has 2 aromatic rings. The molecule has 0 saturated heterocycles. The van der Waals surface area contributed by atoms with E-state index in [-0.39, 0.29) is 6.04 Å². The highest BCUT2D eigenvalue weighted by Crippen LogP contribution is 2.22. The van der Waals surface area contributed by atoms with Gasteiger partial charge in [0.15, 0.2) is 0 Å². The van der Waals surface area contributed by atoms with Gasteiger partial charge in [-0.05, 0) is 11.1 Å². The fourth-order valence-corrected chi connectivity index (χ4v) is 2.18. The van der Waals surface area contributed by atoms with Crippen molar-refractivity contribution in [3.63, 3.8) is 0 Å². The summed E-state index contributed by atoms with van der Waals surface area (Å²) in [4.78, 5) is 0. The van der Waals surface area contributed by atoms with Crippen molar-refractivity contribution < 1.29 is 9.94 Å². The van der Waals surface area contributed by atoms with Crippen molar-refractivity contribution in [2.75, 3.05) is 13.7 Å². The van der Waals surface area contributed by atoms with Crippen molar-refractivity contribution in [3.05, 3.63) is 83.9 Å². The molecule has 0 aliphatic rings. The quantitative estimate of drug-likeness (QED) is 0.619. The number of nitrogens with zero attached hydrogens (tertiary/aromatic N) is 1. The molecule has 0 saturated carbocycles. The predicted octanol–water partition coefficient (Wildman–Crippen LogP) is 3.82. The molecule has 0 radical (unpaired) electrons. The maximum Gasteiger partial charge on any atom is 0.0785 e. The molecule has 0 aliphatic carbocycles. The average molecular weight is 283 g/mol. The Labute approximate surface area is 126 Å². The topological polar surface area (TPSA) is 32.7 Å².